The van der Waals surface area contributed by atoms with Crippen molar-refractivity contribution in [3.8, 4) is 0 Å². The van der Waals surface area contributed by atoms with Crippen LogP contribution in [0.25, 0.3) is 0 Å². The zero-order valence-corrected chi connectivity index (χ0v) is 13.4. The van der Waals surface area contributed by atoms with Crippen LogP contribution in [0.15, 0.2) is 24.5 Å². The van der Waals surface area contributed by atoms with E-state index in [1.807, 2.05) is 0 Å². The van der Waals surface area contributed by atoms with Gasteiger partial charge in [-0.1, -0.05) is 6.08 Å². The molecule has 0 aromatic carbocycles. The monoisotopic (exact) mass is 358 g/mol. The molecule has 0 aromatic rings. The molecule has 2 fully saturated rings. The van der Waals surface area contributed by atoms with Crippen molar-refractivity contribution in [1.82, 2.24) is 0 Å². The van der Waals surface area contributed by atoms with E-state index in [-0.39, 0.29) is 12.5 Å². The predicted molar refractivity (Wildman–Crippen MR) is 80.6 cm³/mol. The first-order chi connectivity index (χ1) is 12.0. The second-order valence-corrected chi connectivity index (χ2v) is 6.26. The van der Waals surface area contributed by atoms with Crippen molar-refractivity contribution < 1.29 is 44.2 Å². The summed E-state index contributed by atoms with van der Waals surface area (Å²) in [5.41, 5.74) is 0.393. The Morgan fingerprint density at radius 2 is 2.00 bits per heavy atom. The van der Waals surface area contributed by atoms with Crippen molar-refractivity contribution >= 4 is 5.97 Å². The Morgan fingerprint density at radius 1 is 1.24 bits per heavy atom. The van der Waals surface area contributed by atoms with Crippen molar-refractivity contribution in [3.05, 3.63) is 24.5 Å². The number of carbonyl (C=O) groups excluding carboxylic acids is 1. The number of rotatable bonds is 4. The van der Waals surface area contributed by atoms with E-state index in [0.717, 1.165) is 0 Å². The van der Waals surface area contributed by atoms with Crippen LogP contribution in [0, 0.1) is 11.8 Å². The maximum Gasteiger partial charge on any atom is 0.337 e. The van der Waals surface area contributed by atoms with Gasteiger partial charge in [0.2, 0.25) is 6.29 Å². The zero-order valence-electron chi connectivity index (χ0n) is 13.4. The topological polar surface area (TPSA) is 135 Å². The second kappa shape index (κ2) is 7.40. The van der Waals surface area contributed by atoms with Gasteiger partial charge in [0, 0.05) is 11.8 Å². The molecule has 0 unspecified atom stereocenters. The lowest BCUT2D eigenvalue weighted by Gasteiger charge is -2.43. The molecule has 0 aliphatic carbocycles. The largest absolute Gasteiger partial charge is 0.471 e. The van der Waals surface area contributed by atoms with E-state index in [1.165, 1.54) is 6.26 Å². The summed E-state index contributed by atoms with van der Waals surface area (Å²) in [6, 6.07) is 0. The van der Waals surface area contributed by atoms with Crippen LogP contribution in [-0.2, 0) is 23.7 Å². The fraction of sp³-hybridized carbons (Fsp3) is 0.688. The summed E-state index contributed by atoms with van der Waals surface area (Å²) < 4.78 is 21.4. The molecule has 3 aliphatic rings. The van der Waals surface area contributed by atoms with Gasteiger partial charge in [0.25, 0.3) is 0 Å². The Morgan fingerprint density at radius 3 is 2.68 bits per heavy atom. The minimum Gasteiger partial charge on any atom is -0.471 e. The number of cyclic esters (lactones) is 1. The minimum atomic E-state index is -1.54. The molecule has 25 heavy (non-hydrogen) atoms. The van der Waals surface area contributed by atoms with Gasteiger partial charge in [-0.3, -0.25) is 0 Å². The molecule has 9 nitrogen and oxygen atoms in total. The summed E-state index contributed by atoms with van der Waals surface area (Å²) >= 11 is 0. The summed E-state index contributed by atoms with van der Waals surface area (Å²) in [6.07, 6.45) is -4.44. The van der Waals surface area contributed by atoms with E-state index >= 15 is 0 Å². The van der Waals surface area contributed by atoms with Crippen LogP contribution in [0.2, 0.25) is 0 Å². The highest BCUT2D eigenvalue weighted by molar-refractivity contribution is 5.89. The summed E-state index contributed by atoms with van der Waals surface area (Å²) in [6.45, 7) is 3.47. The standard InChI is InChI=1S/C16H22O9/c1-2-7-8-3-4-22-14(21)9(8)6-23-15(7)25-16-13(20)12(19)11(18)10(5-17)24-16/h2,6-8,10-13,15-20H,1,3-5H2/t7-,8+,10+,11+,12-,13+,15+,16-/m1/s1. The Hall–Kier alpha value is -1.49. The first kappa shape index (κ1) is 18.3. The molecule has 0 bridgehead atoms. The average Bonchev–Trinajstić information content (AvgIpc) is 2.62. The Kier molecular flexibility index (Phi) is 5.42. The maximum absolute atomic E-state index is 11.8. The molecular formula is C16H22O9. The number of esters is 1. The second-order valence-electron chi connectivity index (χ2n) is 6.26. The molecule has 2 saturated heterocycles. The number of hydrogen-bond donors (Lipinski definition) is 4. The molecule has 3 aliphatic heterocycles. The van der Waals surface area contributed by atoms with Crippen LogP contribution in [0.3, 0.4) is 0 Å². The van der Waals surface area contributed by atoms with Crippen molar-refractivity contribution in [3.63, 3.8) is 0 Å². The Bertz CT molecular complexity index is 546. The summed E-state index contributed by atoms with van der Waals surface area (Å²) in [5.74, 6) is -1.06. The summed E-state index contributed by atoms with van der Waals surface area (Å²) in [4.78, 5) is 11.8. The van der Waals surface area contributed by atoms with E-state index in [0.29, 0.717) is 12.0 Å². The highest BCUT2D eigenvalue weighted by Crippen LogP contribution is 2.38. The third-order valence-electron chi connectivity index (χ3n) is 4.79. The first-order valence-corrected chi connectivity index (χ1v) is 8.09. The van der Waals surface area contributed by atoms with Crippen molar-refractivity contribution in [2.24, 2.45) is 11.8 Å². The molecule has 0 spiro atoms. The summed E-state index contributed by atoms with van der Waals surface area (Å²) in [5, 5.41) is 38.9. The lowest BCUT2D eigenvalue weighted by molar-refractivity contribution is -0.339. The number of ether oxygens (including phenoxy) is 4. The Balaban J connectivity index is 1.75. The van der Waals surface area contributed by atoms with Crippen LogP contribution in [-0.4, -0.2) is 76.6 Å². The molecule has 9 heteroatoms. The van der Waals surface area contributed by atoms with Gasteiger partial charge in [0.05, 0.1) is 25.0 Å². The smallest absolute Gasteiger partial charge is 0.337 e. The number of fused-ring (bicyclic) bond motifs is 1. The van der Waals surface area contributed by atoms with Gasteiger partial charge in [0.1, 0.15) is 24.4 Å². The van der Waals surface area contributed by atoms with Crippen molar-refractivity contribution in [2.45, 2.75) is 43.4 Å². The molecule has 0 radical (unpaired) electrons. The Labute approximate surface area is 144 Å². The molecule has 0 saturated carbocycles. The lowest BCUT2D eigenvalue weighted by atomic mass is 9.81. The molecule has 8 atom stereocenters. The van der Waals surface area contributed by atoms with Gasteiger partial charge < -0.3 is 39.4 Å². The SMILES string of the molecule is C=C[C@H]1[C@H](O[C@H]2O[C@@H](CO)[C@H](O)[C@@H](O)[C@@H]2O)OC=C2C(=O)OCC[C@H]21. The van der Waals surface area contributed by atoms with Gasteiger partial charge in [-0.05, 0) is 6.42 Å². The number of aliphatic hydroxyl groups excluding tert-OH is 4. The van der Waals surface area contributed by atoms with Gasteiger partial charge in [0.15, 0.2) is 6.29 Å². The normalized spacial score (nSPS) is 44.2. The third-order valence-corrected chi connectivity index (χ3v) is 4.79. The third kappa shape index (κ3) is 3.31. The van der Waals surface area contributed by atoms with E-state index in [4.69, 9.17) is 18.9 Å². The summed E-state index contributed by atoms with van der Waals surface area (Å²) in [7, 11) is 0. The van der Waals surface area contributed by atoms with E-state index in [9.17, 15) is 25.2 Å². The molecule has 4 N–H and O–H groups in total. The van der Waals surface area contributed by atoms with Gasteiger partial charge in [-0.25, -0.2) is 4.79 Å². The fourth-order valence-corrected chi connectivity index (χ4v) is 3.34. The van der Waals surface area contributed by atoms with E-state index in [2.05, 4.69) is 6.58 Å². The van der Waals surface area contributed by atoms with Crippen LogP contribution in [0.1, 0.15) is 6.42 Å². The van der Waals surface area contributed by atoms with Crippen LogP contribution >= 0.6 is 0 Å². The van der Waals surface area contributed by atoms with Crippen LogP contribution < -0.4 is 0 Å². The molecular weight excluding hydrogens is 336 g/mol. The average molecular weight is 358 g/mol. The predicted octanol–water partition coefficient (Wildman–Crippen LogP) is -1.59. The van der Waals surface area contributed by atoms with Crippen molar-refractivity contribution in [2.75, 3.05) is 13.2 Å². The van der Waals surface area contributed by atoms with Crippen LogP contribution in [0.4, 0.5) is 0 Å². The lowest BCUT2D eigenvalue weighted by Crippen LogP contribution is -2.60. The number of carbonyl (C=O) groups is 1. The molecule has 3 heterocycles. The van der Waals surface area contributed by atoms with Gasteiger partial charge in [-0.2, -0.15) is 0 Å². The van der Waals surface area contributed by atoms with Crippen LogP contribution in [0.5, 0.6) is 0 Å². The quantitative estimate of drug-likeness (QED) is 0.346. The van der Waals surface area contributed by atoms with Gasteiger partial charge in [-0.15, -0.1) is 6.58 Å². The highest BCUT2D eigenvalue weighted by atomic mass is 16.8. The zero-order chi connectivity index (χ0) is 18.1. The fourth-order valence-electron chi connectivity index (χ4n) is 3.34. The van der Waals surface area contributed by atoms with E-state index in [1.54, 1.807) is 6.08 Å². The highest BCUT2D eigenvalue weighted by Gasteiger charge is 2.48. The first-order valence-electron chi connectivity index (χ1n) is 8.09. The maximum atomic E-state index is 11.8. The molecule has 140 valence electrons. The van der Waals surface area contributed by atoms with Gasteiger partial charge >= 0.3 is 5.97 Å². The minimum absolute atomic E-state index is 0.206. The number of hydrogen-bond acceptors (Lipinski definition) is 9. The molecule has 3 rings (SSSR count). The van der Waals surface area contributed by atoms with Crippen molar-refractivity contribution in [1.29, 1.82) is 0 Å². The molecule has 0 amide bonds. The van der Waals surface area contributed by atoms with E-state index < -0.39 is 55.5 Å². The molecule has 0 aromatic heterocycles. The number of aliphatic hydroxyl groups is 4.